The Morgan fingerprint density at radius 3 is 2.69 bits per heavy atom. The molecule has 3 aromatic rings. The molecule has 0 radical (unpaired) electrons. The van der Waals surface area contributed by atoms with Crippen LogP contribution in [0.25, 0.3) is 22.2 Å². The van der Waals surface area contributed by atoms with Gasteiger partial charge in [-0.2, -0.15) is 4.37 Å². The molecule has 1 aromatic carbocycles. The number of nitrogen functional groups attached to an aromatic ring is 1. The summed E-state index contributed by atoms with van der Waals surface area (Å²) in [5.41, 5.74) is 10.4. The van der Waals surface area contributed by atoms with Crippen molar-refractivity contribution in [3.8, 4) is 16.9 Å². The summed E-state index contributed by atoms with van der Waals surface area (Å²) in [6, 6.07) is 7.82. The van der Waals surface area contributed by atoms with Crippen LogP contribution in [0.4, 0.5) is 10.7 Å². The monoisotopic (exact) mass is 370 g/mol. The second-order valence-corrected chi connectivity index (χ2v) is 7.45. The number of hydrogen-bond donors (Lipinski definition) is 1. The number of anilines is 2. The summed E-state index contributed by atoms with van der Waals surface area (Å²) in [5, 5.41) is 1.11. The molecule has 26 heavy (non-hydrogen) atoms. The zero-order valence-corrected chi connectivity index (χ0v) is 15.9. The van der Waals surface area contributed by atoms with Crippen LogP contribution >= 0.6 is 11.5 Å². The van der Waals surface area contributed by atoms with Crippen molar-refractivity contribution in [3.63, 3.8) is 0 Å². The highest BCUT2D eigenvalue weighted by Gasteiger charge is 2.25. The van der Waals surface area contributed by atoms with Gasteiger partial charge in [0.05, 0.1) is 25.0 Å². The zero-order chi connectivity index (χ0) is 18.3. The van der Waals surface area contributed by atoms with E-state index >= 15 is 0 Å². The van der Waals surface area contributed by atoms with E-state index in [1.165, 1.54) is 11.5 Å². The number of nitrogens with zero attached hydrogens (tertiary/aromatic N) is 3. The van der Waals surface area contributed by atoms with E-state index in [-0.39, 0.29) is 12.2 Å². The lowest BCUT2D eigenvalue weighted by atomic mass is 10.1. The maximum atomic E-state index is 5.91. The Balaban J connectivity index is 1.69. The highest BCUT2D eigenvalue weighted by molar-refractivity contribution is 7.11. The SMILES string of the molecule is COc1cc(-c2cnc3c(N4C[C@@H](C)O[C@@H](C)C4)snc3c2)ccc1N. The van der Waals surface area contributed by atoms with E-state index in [1.54, 1.807) is 7.11 Å². The first kappa shape index (κ1) is 17.1. The molecule has 4 rings (SSSR count). The summed E-state index contributed by atoms with van der Waals surface area (Å²) >= 11 is 1.50. The number of rotatable bonds is 3. The van der Waals surface area contributed by atoms with Crippen molar-refractivity contribution in [1.29, 1.82) is 0 Å². The molecule has 3 heterocycles. The average Bonchev–Trinajstić information content (AvgIpc) is 3.04. The van der Waals surface area contributed by atoms with Gasteiger partial charge in [0, 0.05) is 24.8 Å². The Bertz CT molecular complexity index is 932. The van der Waals surface area contributed by atoms with Crippen molar-refractivity contribution in [3.05, 3.63) is 30.5 Å². The molecule has 7 heteroatoms. The van der Waals surface area contributed by atoms with E-state index in [2.05, 4.69) is 29.2 Å². The van der Waals surface area contributed by atoms with E-state index < -0.39 is 0 Å². The van der Waals surface area contributed by atoms with Crippen molar-refractivity contribution >= 4 is 33.3 Å². The van der Waals surface area contributed by atoms with Gasteiger partial charge < -0.3 is 20.1 Å². The molecule has 0 amide bonds. The van der Waals surface area contributed by atoms with Crippen molar-refractivity contribution in [2.24, 2.45) is 0 Å². The van der Waals surface area contributed by atoms with Crippen LogP contribution < -0.4 is 15.4 Å². The Morgan fingerprint density at radius 1 is 1.19 bits per heavy atom. The van der Waals surface area contributed by atoms with Crippen LogP contribution in [0.3, 0.4) is 0 Å². The first-order chi connectivity index (χ1) is 12.5. The number of fused-ring (bicyclic) bond motifs is 1. The number of morpholine rings is 1. The average molecular weight is 370 g/mol. The van der Waals surface area contributed by atoms with E-state index in [9.17, 15) is 0 Å². The lowest BCUT2D eigenvalue weighted by molar-refractivity contribution is -0.00494. The molecule has 1 aliphatic heterocycles. The predicted octanol–water partition coefficient (Wildman–Crippen LogP) is 3.56. The molecular weight excluding hydrogens is 348 g/mol. The minimum atomic E-state index is 0.206. The fourth-order valence-electron chi connectivity index (χ4n) is 3.42. The Labute approximate surface area is 156 Å². The largest absolute Gasteiger partial charge is 0.495 e. The lowest BCUT2D eigenvalue weighted by Crippen LogP contribution is -2.45. The van der Waals surface area contributed by atoms with E-state index in [0.717, 1.165) is 40.3 Å². The Kier molecular flexibility index (Phi) is 4.42. The number of benzene rings is 1. The summed E-state index contributed by atoms with van der Waals surface area (Å²) < 4.78 is 15.8. The van der Waals surface area contributed by atoms with Gasteiger partial charge in [0.1, 0.15) is 21.8 Å². The molecule has 1 fully saturated rings. The van der Waals surface area contributed by atoms with Crippen LogP contribution in [0.15, 0.2) is 30.5 Å². The fourth-order valence-corrected chi connectivity index (χ4v) is 4.26. The van der Waals surface area contributed by atoms with Gasteiger partial charge in [-0.3, -0.25) is 4.98 Å². The van der Waals surface area contributed by atoms with Crippen molar-refractivity contribution < 1.29 is 9.47 Å². The third-order valence-corrected chi connectivity index (χ3v) is 5.49. The third kappa shape index (κ3) is 3.08. The first-order valence-corrected chi connectivity index (χ1v) is 9.42. The topological polar surface area (TPSA) is 73.5 Å². The standard InChI is InChI=1S/C19H22N4O2S/c1-11-9-23(10-12(2)25-11)19-18-16(22-26-19)6-14(8-21-18)13-4-5-15(20)17(7-13)24-3/h4-8,11-12H,9-10,20H2,1-3H3/t11-,12+. The quantitative estimate of drug-likeness (QED) is 0.711. The number of pyridine rings is 1. The summed E-state index contributed by atoms with van der Waals surface area (Å²) in [6.45, 7) is 5.93. The minimum Gasteiger partial charge on any atom is -0.495 e. The molecule has 2 N–H and O–H groups in total. The van der Waals surface area contributed by atoms with Crippen molar-refractivity contribution in [1.82, 2.24) is 9.36 Å². The molecule has 2 aromatic heterocycles. The predicted molar refractivity (Wildman–Crippen MR) is 106 cm³/mol. The normalized spacial score (nSPS) is 20.5. The third-order valence-electron chi connectivity index (χ3n) is 4.57. The van der Waals surface area contributed by atoms with E-state index in [0.29, 0.717) is 11.4 Å². The molecule has 6 nitrogen and oxygen atoms in total. The first-order valence-electron chi connectivity index (χ1n) is 8.65. The van der Waals surface area contributed by atoms with E-state index in [1.807, 2.05) is 24.4 Å². The highest BCUT2D eigenvalue weighted by atomic mass is 32.1. The van der Waals surface area contributed by atoms with Crippen LogP contribution in [-0.2, 0) is 4.74 Å². The molecule has 0 unspecified atom stereocenters. The van der Waals surface area contributed by atoms with Crippen LogP contribution in [0, 0.1) is 0 Å². The summed E-state index contributed by atoms with van der Waals surface area (Å²) in [4.78, 5) is 7.05. The molecule has 1 aliphatic rings. The van der Waals surface area contributed by atoms with Crippen LogP contribution in [0.2, 0.25) is 0 Å². The number of hydrogen-bond acceptors (Lipinski definition) is 7. The maximum Gasteiger partial charge on any atom is 0.142 e. The molecule has 0 bridgehead atoms. The number of aromatic nitrogens is 2. The van der Waals surface area contributed by atoms with Crippen LogP contribution in [0.5, 0.6) is 5.75 Å². The van der Waals surface area contributed by atoms with Crippen molar-refractivity contribution in [2.45, 2.75) is 26.1 Å². The summed E-state index contributed by atoms with van der Waals surface area (Å²) in [7, 11) is 1.62. The molecule has 1 saturated heterocycles. The Morgan fingerprint density at radius 2 is 1.96 bits per heavy atom. The maximum absolute atomic E-state index is 5.91. The smallest absolute Gasteiger partial charge is 0.142 e. The molecule has 0 saturated carbocycles. The lowest BCUT2D eigenvalue weighted by Gasteiger charge is -2.35. The van der Waals surface area contributed by atoms with Gasteiger partial charge in [-0.15, -0.1) is 0 Å². The number of ether oxygens (including phenoxy) is 2. The van der Waals surface area contributed by atoms with Gasteiger partial charge in [0.15, 0.2) is 0 Å². The van der Waals surface area contributed by atoms with E-state index in [4.69, 9.17) is 20.2 Å². The minimum absolute atomic E-state index is 0.206. The summed E-state index contributed by atoms with van der Waals surface area (Å²) in [5.74, 6) is 0.665. The molecule has 0 spiro atoms. The summed E-state index contributed by atoms with van der Waals surface area (Å²) in [6.07, 6.45) is 2.30. The van der Waals surface area contributed by atoms with Gasteiger partial charge in [-0.1, -0.05) is 6.07 Å². The number of nitrogens with two attached hydrogens (primary N) is 1. The molecule has 0 aliphatic carbocycles. The second-order valence-electron chi connectivity index (χ2n) is 6.70. The van der Waals surface area contributed by atoms with Gasteiger partial charge in [0.25, 0.3) is 0 Å². The number of methoxy groups -OCH3 is 1. The molecule has 136 valence electrons. The van der Waals surface area contributed by atoms with Gasteiger partial charge in [0.2, 0.25) is 0 Å². The fraction of sp³-hybridized carbons (Fsp3) is 0.368. The zero-order valence-electron chi connectivity index (χ0n) is 15.1. The second kappa shape index (κ2) is 6.74. The van der Waals surface area contributed by atoms with Gasteiger partial charge in [-0.25, -0.2) is 0 Å². The molecular formula is C19H22N4O2S. The van der Waals surface area contributed by atoms with Crippen LogP contribution in [-0.4, -0.2) is 41.8 Å². The van der Waals surface area contributed by atoms with Gasteiger partial charge in [-0.05, 0) is 49.1 Å². The Hall–Kier alpha value is -2.38. The van der Waals surface area contributed by atoms with Crippen molar-refractivity contribution in [2.75, 3.05) is 30.8 Å². The highest BCUT2D eigenvalue weighted by Crippen LogP contribution is 2.35. The van der Waals surface area contributed by atoms with Crippen LogP contribution in [0.1, 0.15) is 13.8 Å². The van der Waals surface area contributed by atoms with Gasteiger partial charge >= 0.3 is 0 Å². The molecule has 2 atom stereocenters.